The average Bonchev–Trinajstić information content (AvgIpc) is 2.54. The molecule has 0 amide bonds. The Balaban J connectivity index is 2.74. The Hall–Kier alpha value is -0.850. The molecule has 96 valence electrons. The molecule has 0 radical (unpaired) electrons. The molecule has 0 saturated heterocycles. The predicted octanol–water partition coefficient (Wildman–Crippen LogP) is 3.18. The van der Waals surface area contributed by atoms with Gasteiger partial charge in [-0.2, -0.15) is 5.10 Å². The summed E-state index contributed by atoms with van der Waals surface area (Å²) in [5, 5.41) is 4.23. The molecule has 7 heteroatoms. The summed E-state index contributed by atoms with van der Waals surface area (Å²) in [7, 11) is 1.63. The zero-order valence-electron chi connectivity index (χ0n) is 9.68. The van der Waals surface area contributed by atoms with Crippen LogP contribution < -0.4 is 0 Å². The lowest BCUT2D eigenvalue weighted by atomic mass is 10.3. The summed E-state index contributed by atoms with van der Waals surface area (Å²) >= 11 is 3.41. The van der Waals surface area contributed by atoms with E-state index in [4.69, 9.17) is 10.7 Å². The van der Waals surface area contributed by atoms with Gasteiger partial charge in [-0.25, -0.2) is 13.1 Å². The summed E-state index contributed by atoms with van der Waals surface area (Å²) in [5.41, 5.74) is 1.65. The van der Waals surface area contributed by atoms with E-state index in [1.54, 1.807) is 18.5 Å². The molecule has 0 aliphatic rings. The molecule has 0 aliphatic carbocycles. The van der Waals surface area contributed by atoms with Gasteiger partial charge in [-0.15, -0.1) is 0 Å². The van der Waals surface area contributed by atoms with Gasteiger partial charge in [0.2, 0.25) is 0 Å². The highest BCUT2D eigenvalue weighted by Crippen LogP contribution is 2.28. The molecule has 1 aromatic carbocycles. The lowest BCUT2D eigenvalue weighted by molar-refractivity contribution is 0.608. The maximum absolute atomic E-state index is 11.5. The smallest absolute Gasteiger partial charge is 0.235 e. The Labute approximate surface area is 118 Å². The van der Waals surface area contributed by atoms with Crippen LogP contribution in [0.2, 0.25) is 0 Å². The van der Waals surface area contributed by atoms with Gasteiger partial charge in [-0.1, -0.05) is 12.1 Å². The minimum atomic E-state index is -3.79. The van der Waals surface area contributed by atoms with Crippen LogP contribution in [0, 0.1) is 13.8 Å². The third kappa shape index (κ3) is 2.32. The fourth-order valence-corrected chi connectivity index (χ4v) is 3.79. The number of nitrogens with zero attached hydrogens (tertiary/aromatic N) is 2. The maximum atomic E-state index is 11.5. The van der Waals surface area contributed by atoms with Gasteiger partial charge in [-0.3, -0.25) is 0 Å². The number of para-hydroxylation sites is 1. The van der Waals surface area contributed by atoms with Crippen molar-refractivity contribution in [2.45, 2.75) is 18.7 Å². The summed E-state index contributed by atoms with van der Waals surface area (Å²) in [6, 6.07) is 7.43. The van der Waals surface area contributed by atoms with Crippen LogP contribution in [0.15, 0.2) is 33.6 Å². The van der Waals surface area contributed by atoms with Gasteiger partial charge < -0.3 is 0 Å². The fraction of sp³-hybridized carbons (Fsp3) is 0.182. The van der Waals surface area contributed by atoms with E-state index in [1.807, 2.05) is 24.3 Å². The molecule has 4 nitrogen and oxygen atoms in total. The number of halogens is 2. The van der Waals surface area contributed by atoms with Crippen molar-refractivity contribution in [3.05, 3.63) is 40.1 Å². The topological polar surface area (TPSA) is 52.0 Å². The number of rotatable bonds is 2. The van der Waals surface area contributed by atoms with Crippen LogP contribution in [0.3, 0.4) is 0 Å². The molecule has 0 bridgehead atoms. The molecule has 0 aliphatic heterocycles. The van der Waals surface area contributed by atoms with Crippen molar-refractivity contribution in [2.24, 2.45) is 0 Å². The normalized spacial score (nSPS) is 11.8. The molecule has 0 N–H and O–H groups in total. The Morgan fingerprint density at radius 1 is 1.28 bits per heavy atom. The third-order valence-corrected chi connectivity index (χ3v) is 4.76. The first-order chi connectivity index (χ1) is 8.32. The largest absolute Gasteiger partial charge is 0.264 e. The predicted molar refractivity (Wildman–Crippen MR) is 73.8 cm³/mol. The van der Waals surface area contributed by atoms with Crippen molar-refractivity contribution < 1.29 is 8.42 Å². The molecule has 0 atom stereocenters. The molecule has 0 saturated carbocycles. The van der Waals surface area contributed by atoms with Gasteiger partial charge in [0.05, 0.1) is 17.1 Å². The zero-order valence-corrected chi connectivity index (χ0v) is 12.8. The average molecular weight is 350 g/mol. The van der Waals surface area contributed by atoms with Gasteiger partial charge in [0, 0.05) is 15.2 Å². The van der Waals surface area contributed by atoms with E-state index in [0.29, 0.717) is 11.4 Å². The van der Waals surface area contributed by atoms with E-state index >= 15 is 0 Å². The van der Waals surface area contributed by atoms with Crippen LogP contribution in [-0.4, -0.2) is 18.2 Å². The van der Waals surface area contributed by atoms with E-state index in [2.05, 4.69) is 21.0 Å². The van der Waals surface area contributed by atoms with Crippen molar-refractivity contribution >= 4 is 35.7 Å². The Bertz CT molecular complexity index is 710. The highest BCUT2D eigenvalue weighted by atomic mass is 79.9. The standard InChI is InChI=1S/C11H10BrClN2O2S/c1-7-11(18(13,16)17)8(2)15(14-7)10-6-4-3-5-9(10)12/h3-6H,1-2H3. The van der Waals surface area contributed by atoms with Gasteiger partial charge in [-0.05, 0) is 41.9 Å². The van der Waals surface area contributed by atoms with Crippen molar-refractivity contribution in [3.8, 4) is 5.69 Å². The van der Waals surface area contributed by atoms with Crippen molar-refractivity contribution in [3.63, 3.8) is 0 Å². The summed E-state index contributed by atoms with van der Waals surface area (Å²) in [4.78, 5) is 0.0694. The molecule has 2 rings (SSSR count). The van der Waals surface area contributed by atoms with Gasteiger partial charge in [0.1, 0.15) is 4.90 Å². The second-order valence-corrected chi connectivity index (χ2v) is 7.16. The molecule has 2 aromatic rings. The minimum absolute atomic E-state index is 0.0694. The quantitative estimate of drug-likeness (QED) is 0.783. The van der Waals surface area contributed by atoms with E-state index in [1.165, 1.54) is 0 Å². The second-order valence-electron chi connectivity index (χ2n) is 3.80. The first-order valence-corrected chi connectivity index (χ1v) is 8.18. The van der Waals surface area contributed by atoms with Crippen LogP contribution >= 0.6 is 26.6 Å². The van der Waals surface area contributed by atoms with E-state index in [0.717, 1.165) is 10.2 Å². The van der Waals surface area contributed by atoms with E-state index in [-0.39, 0.29) is 4.90 Å². The van der Waals surface area contributed by atoms with Crippen LogP contribution in [-0.2, 0) is 9.05 Å². The lowest BCUT2D eigenvalue weighted by Gasteiger charge is -2.06. The van der Waals surface area contributed by atoms with Gasteiger partial charge in [0.25, 0.3) is 9.05 Å². The van der Waals surface area contributed by atoms with Gasteiger partial charge >= 0.3 is 0 Å². The molecular weight excluding hydrogens is 340 g/mol. The highest BCUT2D eigenvalue weighted by Gasteiger charge is 2.23. The number of hydrogen-bond donors (Lipinski definition) is 0. The third-order valence-electron chi connectivity index (χ3n) is 2.55. The molecule has 1 aromatic heterocycles. The maximum Gasteiger partial charge on any atom is 0.264 e. The Kier molecular flexibility index (Phi) is 3.53. The zero-order chi connectivity index (χ0) is 13.5. The fourth-order valence-electron chi connectivity index (χ4n) is 1.84. The Morgan fingerprint density at radius 2 is 1.89 bits per heavy atom. The number of aromatic nitrogens is 2. The van der Waals surface area contributed by atoms with E-state index in [9.17, 15) is 8.42 Å². The molecule has 18 heavy (non-hydrogen) atoms. The highest BCUT2D eigenvalue weighted by molar-refractivity contribution is 9.10. The minimum Gasteiger partial charge on any atom is -0.235 e. The van der Waals surface area contributed by atoms with Crippen molar-refractivity contribution in [2.75, 3.05) is 0 Å². The molecule has 0 unspecified atom stereocenters. The number of benzene rings is 1. The lowest BCUT2D eigenvalue weighted by Crippen LogP contribution is -2.01. The summed E-state index contributed by atoms with van der Waals surface area (Å²) in [6.45, 7) is 3.30. The number of hydrogen-bond acceptors (Lipinski definition) is 3. The first kappa shape index (κ1) is 13.6. The summed E-state index contributed by atoms with van der Waals surface area (Å²) < 4.78 is 25.4. The van der Waals surface area contributed by atoms with E-state index < -0.39 is 9.05 Å². The van der Waals surface area contributed by atoms with Crippen molar-refractivity contribution in [1.29, 1.82) is 0 Å². The SMILES string of the molecule is Cc1nn(-c2ccccc2Br)c(C)c1S(=O)(=O)Cl. The number of aryl methyl sites for hydroxylation is 1. The second kappa shape index (κ2) is 4.68. The first-order valence-electron chi connectivity index (χ1n) is 5.08. The molecule has 0 fully saturated rings. The molecule has 1 heterocycles. The van der Waals surface area contributed by atoms with Crippen molar-refractivity contribution in [1.82, 2.24) is 9.78 Å². The monoisotopic (exact) mass is 348 g/mol. The van der Waals surface area contributed by atoms with Crippen LogP contribution in [0.1, 0.15) is 11.4 Å². The van der Waals surface area contributed by atoms with Gasteiger partial charge in [0.15, 0.2) is 0 Å². The molecule has 0 spiro atoms. The van der Waals surface area contributed by atoms with Crippen LogP contribution in [0.5, 0.6) is 0 Å². The van der Waals surface area contributed by atoms with Crippen LogP contribution in [0.25, 0.3) is 5.69 Å². The molecular formula is C11H10BrClN2O2S. The summed E-state index contributed by atoms with van der Waals surface area (Å²) in [6.07, 6.45) is 0. The van der Waals surface area contributed by atoms with Crippen LogP contribution in [0.4, 0.5) is 0 Å². The Morgan fingerprint density at radius 3 is 2.39 bits per heavy atom. The summed E-state index contributed by atoms with van der Waals surface area (Å²) in [5.74, 6) is 0.